The van der Waals surface area contributed by atoms with Crippen LogP contribution in [-0.2, 0) is 14.3 Å². The smallest absolute Gasteiger partial charge is 0.166 e. The molecule has 0 amide bonds. The third-order valence-corrected chi connectivity index (χ3v) is 3.70. The number of carbonyl (C=O) groups is 1. The van der Waals surface area contributed by atoms with Gasteiger partial charge in [0.25, 0.3) is 0 Å². The largest absolute Gasteiger partial charge is 0.344 e. The van der Waals surface area contributed by atoms with E-state index < -0.39 is 5.60 Å². The van der Waals surface area contributed by atoms with E-state index in [1.165, 1.54) is 0 Å². The van der Waals surface area contributed by atoms with Crippen LogP contribution >= 0.6 is 0 Å². The summed E-state index contributed by atoms with van der Waals surface area (Å²) in [5, 5.41) is 0. The van der Waals surface area contributed by atoms with E-state index in [2.05, 4.69) is 6.58 Å². The first-order chi connectivity index (χ1) is 7.92. The zero-order chi connectivity index (χ0) is 12.4. The van der Waals surface area contributed by atoms with Crippen molar-refractivity contribution in [2.24, 2.45) is 11.8 Å². The molecule has 0 unspecified atom stereocenters. The summed E-state index contributed by atoms with van der Waals surface area (Å²) < 4.78 is 19.4. The van der Waals surface area contributed by atoms with Crippen molar-refractivity contribution >= 4 is 5.78 Å². The summed E-state index contributed by atoms with van der Waals surface area (Å²) >= 11 is 0. The Kier molecular flexibility index (Phi) is 1.74. The topological polar surface area (TPSA) is 35.5 Å². The van der Waals surface area contributed by atoms with E-state index in [1.807, 2.05) is 13.8 Å². The van der Waals surface area contributed by atoms with Gasteiger partial charge in [0.05, 0.1) is 6.97 Å². The molecule has 0 saturated carbocycles. The second-order valence-electron chi connectivity index (χ2n) is 5.25. The van der Waals surface area contributed by atoms with Crippen LogP contribution in [0.15, 0.2) is 23.8 Å². The lowest BCUT2D eigenvalue weighted by atomic mass is 9.71. The van der Waals surface area contributed by atoms with Gasteiger partial charge < -0.3 is 9.47 Å². The van der Waals surface area contributed by atoms with Crippen molar-refractivity contribution in [3.63, 3.8) is 0 Å². The summed E-state index contributed by atoms with van der Waals surface area (Å²) in [6, 6.07) is 0.456. The van der Waals surface area contributed by atoms with E-state index in [9.17, 15) is 4.79 Å². The third kappa shape index (κ3) is 1.25. The van der Waals surface area contributed by atoms with Gasteiger partial charge in [0.15, 0.2) is 12.1 Å². The normalized spacial score (nSPS) is 42.1. The summed E-state index contributed by atoms with van der Waals surface area (Å²) in [5.74, 6) is -0.0740. The highest BCUT2D eigenvalue weighted by molar-refractivity contribution is 5.84. The minimum absolute atomic E-state index is 0.0794. The molecule has 86 valence electrons. The molecule has 1 aliphatic carbocycles. The molecular weight excluding hydrogens is 204 g/mol. The lowest BCUT2D eigenvalue weighted by molar-refractivity contribution is -0.196. The van der Waals surface area contributed by atoms with Gasteiger partial charge in [-0.1, -0.05) is 18.2 Å². The van der Waals surface area contributed by atoms with Gasteiger partial charge in [-0.05, 0) is 25.8 Å². The predicted molar refractivity (Wildman–Crippen MR) is 58.7 cm³/mol. The van der Waals surface area contributed by atoms with Crippen LogP contribution in [0.4, 0.5) is 0 Å². The highest BCUT2D eigenvalue weighted by atomic mass is 16.7. The molecule has 0 aromatic rings. The maximum atomic E-state index is 11.9. The second-order valence-corrected chi connectivity index (χ2v) is 5.25. The van der Waals surface area contributed by atoms with E-state index in [1.54, 1.807) is 0 Å². The molecule has 0 bridgehead atoms. The molecule has 2 saturated heterocycles. The van der Waals surface area contributed by atoms with Crippen LogP contribution in [0.1, 0.15) is 21.6 Å². The van der Waals surface area contributed by atoms with Crippen LogP contribution in [0, 0.1) is 11.8 Å². The van der Waals surface area contributed by atoms with Gasteiger partial charge in [-0.2, -0.15) is 0 Å². The number of allylic oxidation sites excluding steroid dienone is 2. The first-order valence-electron chi connectivity index (χ1n) is 6.13. The van der Waals surface area contributed by atoms with E-state index in [0.29, 0.717) is 12.5 Å². The monoisotopic (exact) mass is 221 g/mol. The van der Waals surface area contributed by atoms with Crippen LogP contribution in [-0.4, -0.2) is 24.3 Å². The molecule has 3 atom stereocenters. The molecule has 2 heterocycles. The number of Topliss-reactive ketones (excluding diaryl/α,β-unsaturated/α-hetero) is 1. The van der Waals surface area contributed by atoms with Gasteiger partial charge in [0.1, 0.15) is 6.61 Å². The van der Waals surface area contributed by atoms with Crippen LogP contribution < -0.4 is 0 Å². The number of ketones is 1. The lowest BCUT2D eigenvalue weighted by Crippen LogP contribution is -2.42. The number of rotatable bonds is 0. The summed E-state index contributed by atoms with van der Waals surface area (Å²) in [6.07, 6.45) is 0.210. The number of ether oxygens (including phenoxy) is 2. The SMILES string of the molecule is [2H]C1=C2[C@H]3[C@H](OCC(=O)[C@H]3CC1=C)OC2(C)C. The molecule has 2 aliphatic heterocycles. The van der Waals surface area contributed by atoms with Gasteiger partial charge in [-0.15, -0.1) is 0 Å². The van der Waals surface area contributed by atoms with Crippen molar-refractivity contribution in [2.45, 2.75) is 32.2 Å². The molecule has 3 heteroatoms. The minimum atomic E-state index is -0.529. The molecule has 0 aromatic heterocycles. The molecule has 3 nitrogen and oxygen atoms in total. The highest BCUT2D eigenvalue weighted by Crippen LogP contribution is 2.50. The zero-order valence-corrected chi connectivity index (χ0v) is 9.58. The van der Waals surface area contributed by atoms with E-state index >= 15 is 0 Å². The first-order valence-corrected chi connectivity index (χ1v) is 5.63. The second kappa shape index (κ2) is 3.05. The Morgan fingerprint density at radius 1 is 1.62 bits per heavy atom. The van der Waals surface area contributed by atoms with Crippen molar-refractivity contribution < 1.29 is 15.6 Å². The molecule has 0 N–H and O–H groups in total. The molecule has 16 heavy (non-hydrogen) atoms. The number of hydrogen-bond acceptors (Lipinski definition) is 3. The van der Waals surface area contributed by atoms with Gasteiger partial charge in [-0.3, -0.25) is 4.79 Å². The Morgan fingerprint density at radius 3 is 3.12 bits per heavy atom. The van der Waals surface area contributed by atoms with Crippen molar-refractivity contribution in [2.75, 3.05) is 6.61 Å². The lowest BCUT2D eigenvalue weighted by Gasteiger charge is -2.35. The van der Waals surface area contributed by atoms with Crippen LogP contribution in [0.5, 0.6) is 0 Å². The van der Waals surface area contributed by atoms with Crippen LogP contribution in [0.25, 0.3) is 0 Å². The van der Waals surface area contributed by atoms with Gasteiger partial charge in [0.2, 0.25) is 0 Å². The third-order valence-electron chi connectivity index (χ3n) is 3.70. The highest BCUT2D eigenvalue weighted by Gasteiger charge is 2.54. The first kappa shape index (κ1) is 9.14. The van der Waals surface area contributed by atoms with Gasteiger partial charge in [-0.25, -0.2) is 0 Å². The zero-order valence-electron chi connectivity index (χ0n) is 10.6. The summed E-state index contributed by atoms with van der Waals surface area (Å²) in [4.78, 5) is 11.9. The minimum Gasteiger partial charge on any atom is -0.344 e. The Bertz CT molecular complexity index is 450. The van der Waals surface area contributed by atoms with E-state index in [0.717, 1.165) is 11.1 Å². The van der Waals surface area contributed by atoms with Crippen molar-refractivity contribution in [3.05, 3.63) is 23.8 Å². The maximum absolute atomic E-state index is 11.9. The molecule has 0 aromatic carbocycles. The van der Waals surface area contributed by atoms with Crippen LogP contribution in [0.3, 0.4) is 0 Å². The summed E-state index contributed by atoms with van der Waals surface area (Å²) in [7, 11) is 0. The molecule has 2 fully saturated rings. The Balaban J connectivity index is 2.16. The maximum Gasteiger partial charge on any atom is 0.166 e. The van der Waals surface area contributed by atoms with Crippen LogP contribution in [0.2, 0.25) is 0 Å². The predicted octanol–water partition coefficient (Wildman–Crippen LogP) is 1.84. The molecule has 0 radical (unpaired) electrons. The fraction of sp³-hybridized carbons (Fsp3) is 0.615. The average Bonchev–Trinajstić information content (AvgIpc) is 2.51. The quantitative estimate of drug-likeness (QED) is 0.626. The molecule has 3 aliphatic rings. The average molecular weight is 221 g/mol. The Hall–Kier alpha value is -0.930. The Morgan fingerprint density at radius 2 is 2.38 bits per heavy atom. The summed E-state index contributed by atoms with van der Waals surface area (Å²) in [5.41, 5.74) is 1.10. The standard InChI is InChI=1S/C13H16O3/c1-7-4-8-10(14)6-15-12-11(8)9(5-7)13(2,3)16-12/h5,8,11-12H,1,4,6H2,2-3H3/t8-,11+,12-/m1/s1/i5D. The molecular formula is C13H16O3. The van der Waals surface area contributed by atoms with Crippen molar-refractivity contribution in [3.8, 4) is 0 Å². The van der Waals surface area contributed by atoms with Gasteiger partial charge in [0, 0.05) is 11.8 Å². The fourth-order valence-corrected chi connectivity index (χ4v) is 2.95. The van der Waals surface area contributed by atoms with E-state index in [-0.39, 0.29) is 30.5 Å². The van der Waals surface area contributed by atoms with Crippen molar-refractivity contribution in [1.29, 1.82) is 0 Å². The van der Waals surface area contributed by atoms with Crippen molar-refractivity contribution in [1.82, 2.24) is 0 Å². The Labute approximate surface area is 96.5 Å². The summed E-state index contributed by atoms with van der Waals surface area (Å²) in [6.45, 7) is 7.89. The van der Waals surface area contributed by atoms with E-state index in [4.69, 9.17) is 10.8 Å². The molecule has 3 rings (SSSR count). The molecule has 0 spiro atoms. The fourth-order valence-electron chi connectivity index (χ4n) is 2.95. The van der Waals surface area contributed by atoms with Gasteiger partial charge >= 0.3 is 0 Å². The number of carbonyl (C=O) groups excluding carboxylic acids is 1. The number of hydrogen-bond donors (Lipinski definition) is 0.